The summed E-state index contributed by atoms with van der Waals surface area (Å²) in [5, 5.41) is 0. The van der Waals surface area contributed by atoms with Gasteiger partial charge in [0.05, 0.1) is 0 Å². The summed E-state index contributed by atoms with van der Waals surface area (Å²) in [5.41, 5.74) is 0.995. The molecule has 2 fully saturated rings. The molecule has 0 unspecified atom stereocenters. The van der Waals surface area contributed by atoms with E-state index in [-0.39, 0.29) is 0 Å². The lowest BCUT2D eigenvalue weighted by Gasteiger charge is -2.57. The maximum absolute atomic E-state index is 5.40. The lowest BCUT2D eigenvalue weighted by atomic mass is 9.71. The first-order chi connectivity index (χ1) is 6.02. The van der Waals surface area contributed by atoms with E-state index >= 15 is 0 Å². The predicted molar refractivity (Wildman–Crippen MR) is 53.8 cm³/mol. The molecule has 2 aliphatic heterocycles. The van der Waals surface area contributed by atoms with E-state index in [1.165, 1.54) is 25.9 Å². The van der Waals surface area contributed by atoms with Crippen LogP contribution in [0.4, 0.5) is 0 Å². The van der Waals surface area contributed by atoms with Gasteiger partial charge in [-0.25, -0.2) is 0 Å². The Morgan fingerprint density at radius 2 is 1.62 bits per heavy atom. The zero-order chi connectivity index (χ0) is 9.53. The Kier molecular flexibility index (Phi) is 2.16. The molecule has 0 amide bonds. The van der Waals surface area contributed by atoms with Crippen LogP contribution in [-0.2, 0) is 4.74 Å². The Balaban J connectivity index is 1.88. The quantitative estimate of drug-likeness (QED) is 0.568. The van der Waals surface area contributed by atoms with E-state index in [2.05, 4.69) is 25.7 Å². The molecule has 0 aromatic carbocycles. The Labute approximate surface area is 81.3 Å². The molecule has 2 aliphatic rings. The molecule has 2 rings (SSSR count). The fraction of sp³-hybridized carbons (Fsp3) is 1.00. The SMILES string of the molecule is CC(C)(C)N1CC2(CCOCC2)C1. The van der Waals surface area contributed by atoms with Crippen molar-refractivity contribution >= 4 is 0 Å². The smallest absolute Gasteiger partial charge is 0.0472 e. The fourth-order valence-electron chi connectivity index (χ4n) is 2.36. The van der Waals surface area contributed by atoms with Crippen molar-refractivity contribution in [1.82, 2.24) is 4.90 Å². The highest BCUT2D eigenvalue weighted by Gasteiger charge is 2.46. The van der Waals surface area contributed by atoms with E-state index < -0.39 is 0 Å². The summed E-state index contributed by atoms with van der Waals surface area (Å²) in [6.07, 6.45) is 2.55. The summed E-state index contributed by atoms with van der Waals surface area (Å²) in [6, 6.07) is 0. The van der Waals surface area contributed by atoms with Crippen LogP contribution in [0.2, 0.25) is 0 Å². The van der Waals surface area contributed by atoms with E-state index in [9.17, 15) is 0 Å². The van der Waals surface area contributed by atoms with Gasteiger partial charge in [0.1, 0.15) is 0 Å². The third-order valence-corrected chi connectivity index (χ3v) is 3.55. The molecule has 0 radical (unpaired) electrons. The predicted octanol–water partition coefficient (Wildman–Crippen LogP) is 1.90. The summed E-state index contributed by atoms with van der Waals surface area (Å²) >= 11 is 0. The summed E-state index contributed by atoms with van der Waals surface area (Å²) in [4.78, 5) is 2.58. The van der Waals surface area contributed by atoms with E-state index in [1.54, 1.807) is 0 Å². The van der Waals surface area contributed by atoms with Crippen molar-refractivity contribution in [3.63, 3.8) is 0 Å². The van der Waals surface area contributed by atoms with Gasteiger partial charge in [-0.15, -0.1) is 0 Å². The van der Waals surface area contributed by atoms with Gasteiger partial charge in [-0.3, -0.25) is 4.90 Å². The second-order valence-electron chi connectivity index (χ2n) is 5.64. The van der Waals surface area contributed by atoms with E-state index in [0.717, 1.165) is 13.2 Å². The number of likely N-dealkylation sites (tertiary alicyclic amines) is 1. The average Bonchev–Trinajstić information content (AvgIpc) is 2.00. The van der Waals surface area contributed by atoms with Gasteiger partial charge in [-0.2, -0.15) is 0 Å². The normalized spacial score (nSPS) is 28.8. The van der Waals surface area contributed by atoms with Crippen molar-refractivity contribution < 1.29 is 4.74 Å². The molecule has 0 aromatic heterocycles. The number of hydrogen-bond donors (Lipinski definition) is 0. The van der Waals surface area contributed by atoms with Crippen molar-refractivity contribution in [2.24, 2.45) is 5.41 Å². The lowest BCUT2D eigenvalue weighted by Crippen LogP contribution is -2.63. The third kappa shape index (κ3) is 1.75. The Bertz CT molecular complexity index is 181. The Morgan fingerprint density at radius 1 is 1.08 bits per heavy atom. The van der Waals surface area contributed by atoms with Gasteiger partial charge < -0.3 is 4.74 Å². The van der Waals surface area contributed by atoms with Crippen LogP contribution < -0.4 is 0 Å². The molecule has 0 aromatic rings. The molecule has 2 heteroatoms. The molecule has 1 spiro atoms. The monoisotopic (exact) mass is 183 g/mol. The zero-order valence-corrected chi connectivity index (χ0v) is 9.10. The minimum absolute atomic E-state index is 0.365. The minimum atomic E-state index is 0.365. The molecule has 0 N–H and O–H groups in total. The summed E-state index contributed by atoms with van der Waals surface area (Å²) in [7, 11) is 0. The van der Waals surface area contributed by atoms with Gasteiger partial charge in [-0.1, -0.05) is 0 Å². The van der Waals surface area contributed by atoms with E-state index in [4.69, 9.17) is 4.74 Å². The molecular formula is C11H21NO. The highest BCUT2D eigenvalue weighted by atomic mass is 16.5. The molecule has 0 saturated carbocycles. The first-order valence-corrected chi connectivity index (χ1v) is 5.35. The summed E-state index contributed by atoms with van der Waals surface area (Å²) < 4.78 is 5.40. The number of nitrogens with zero attached hydrogens (tertiary/aromatic N) is 1. The molecule has 13 heavy (non-hydrogen) atoms. The number of rotatable bonds is 0. The molecule has 76 valence electrons. The molecule has 0 atom stereocenters. The highest BCUT2D eigenvalue weighted by molar-refractivity contribution is 5.00. The van der Waals surface area contributed by atoms with Crippen LogP contribution in [0.1, 0.15) is 33.6 Å². The first-order valence-electron chi connectivity index (χ1n) is 5.35. The second-order valence-corrected chi connectivity index (χ2v) is 5.64. The van der Waals surface area contributed by atoms with Crippen LogP contribution in [-0.4, -0.2) is 36.7 Å². The molecule has 0 bridgehead atoms. The number of ether oxygens (including phenoxy) is 1. The van der Waals surface area contributed by atoms with E-state index in [0.29, 0.717) is 11.0 Å². The molecule has 2 saturated heterocycles. The highest BCUT2D eigenvalue weighted by Crippen LogP contribution is 2.42. The maximum atomic E-state index is 5.40. The van der Waals surface area contributed by atoms with Crippen molar-refractivity contribution in [1.29, 1.82) is 0 Å². The standard InChI is InChI=1S/C11H21NO/c1-10(2,3)12-8-11(9-12)4-6-13-7-5-11/h4-9H2,1-3H3. The van der Waals surface area contributed by atoms with E-state index in [1.807, 2.05) is 0 Å². The maximum Gasteiger partial charge on any atom is 0.0472 e. The van der Waals surface area contributed by atoms with Gasteiger partial charge in [0.15, 0.2) is 0 Å². The molecule has 2 nitrogen and oxygen atoms in total. The van der Waals surface area contributed by atoms with Gasteiger partial charge >= 0.3 is 0 Å². The third-order valence-electron chi connectivity index (χ3n) is 3.55. The van der Waals surface area contributed by atoms with Crippen LogP contribution in [0.5, 0.6) is 0 Å². The Morgan fingerprint density at radius 3 is 2.08 bits per heavy atom. The van der Waals surface area contributed by atoms with Gasteiger partial charge in [0, 0.05) is 37.3 Å². The van der Waals surface area contributed by atoms with Crippen LogP contribution in [0.25, 0.3) is 0 Å². The van der Waals surface area contributed by atoms with Crippen LogP contribution in [0.3, 0.4) is 0 Å². The fourth-order valence-corrected chi connectivity index (χ4v) is 2.36. The zero-order valence-electron chi connectivity index (χ0n) is 9.10. The molecule has 0 aliphatic carbocycles. The van der Waals surface area contributed by atoms with Crippen LogP contribution >= 0.6 is 0 Å². The van der Waals surface area contributed by atoms with Gasteiger partial charge in [-0.05, 0) is 33.6 Å². The average molecular weight is 183 g/mol. The van der Waals surface area contributed by atoms with Crippen LogP contribution in [0, 0.1) is 5.41 Å². The van der Waals surface area contributed by atoms with Crippen molar-refractivity contribution in [2.75, 3.05) is 26.3 Å². The summed E-state index contributed by atoms with van der Waals surface area (Å²) in [6.45, 7) is 11.5. The lowest BCUT2D eigenvalue weighted by molar-refractivity contribution is -0.113. The number of hydrogen-bond acceptors (Lipinski definition) is 2. The van der Waals surface area contributed by atoms with Crippen molar-refractivity contribution in [3.8, 4) is 0 Å². The van der Waals surface area contributed by atoms with Gasteiger partial charge in [0.2, 0.25) is 0 Å². The Hall–Kier alpha value is -0.0800. The molecule has 2 heterocycles. The van der Waals surface area contributed by atoms with Gasteiger partial charge in [0.25, 0.3) is 0 Å². The second kappa shape index (κ2) is 2.96. The molecular weight excluding hydrogens is 162 g/mol. The largest absolute Gasteiger partial charge is 0.381 e. The minimum Gasteiger partial charge on any atom is -0.381 e. The van der Waals surface area contributed by atoms with Crippen molar-refractivity contribution in [2.45, 2.75) is 39.2 Å². The topological polar surface area (TPSA) is 12.5 Å². The summed E-state index contributed by atoms with van der Waals surface area (Å²) in [5.74, 6) is 0. The van der Waals surface area contributed by atoms with Crippen LogP contribution in [0.15, 0.2) is 0 Å². The van der Waals surface area contributed by atoms with Crippen molar-refractivity contribution in [3.05, 3.63) is 0 Å². The first kappa shape index (κ1) is 9.47.